The Morgan fingerprint density at radius 1 is 1.07 bits per heavy atom. The highest BCUT2D eigenvalue weighted by Gasteiger charge is 2.07. The summed E-state index contributed by atoms with van der Waals surface area (Å²) in [6.45, 7) is 0. The van der Waals surface area contributed by atoms with Gasteiger partial charge in [-0.15, -0.1) is 10.2 Å². The fraction of sp³-hybridized carbons (Fsp3) is 0. The van der Waals surface area contributed by atoms with Crippen LogP contribution in [0.2, 0.25) is 10.3 Å². The van der Waals surface area contributed by atoms with E-state index in [0.29, 0.717) is 16.4 Å². The van der Waals surface area contributed by atoms with Crippen LogP contribution in [0.25, 0.3) is 11.3 Å². The Kier molecular flexibility index (Phi) is 2.70. The van der Waals surface area contributed by atoms with Gasteiger partial charge in [0, 0.05) is 17.8 Å². The number of halogens is 2. The molecule has 0 fully saturated rings. The minimum atomic E-state index is -0.0425. The second-order valence-corrected chi connectivity index (χ2v) is 3.55. The number of hydrogen-bond acceptors (Lipinski definition) is 4. The largest absolute Gasteiger partial charge is 0.505 e. The maximum atomic E-state index is 9.57. The van der Waals surface area contributed by atoms with E-state index >= 15 is 0 Å². The van der Waals surface area contributed by atoms with Gasteiger partial charge in [0.2, 0.25) is 0 Å². The molecule has 0 atom stereocenters. The molecule has 76 valence electrons. The van der Waals surface area contributed by atoms with Crippen molar-refractivity contribution in [3.05, 3.63) is 34.7 Å². The minimum Gasteiger partial charge on any atom is -0.505 e. The molecule has 6 heteroatoms. The topological polar surface area (TPSA) is 58.9 Å². The van der Waals surface area contributed by atoms with E-state index in [1.807, 2.05) is 0 Å². The van der Waals surface area contributed by atoms with Crippen molar-refractivity contribution >= 4 is 23.2 Å². The van der Waals surface area contributed by atoms with Gasteiger partial charge in [-0.2, -0.15) is 0 Å². The summed E-state index contributed by atoms with van der Waals surface area (Å²) in [4.78, 5) is 3.87. The van der Waals surface area contributed by atoms with Crippen LogP contribution >= 0.6 is 23.2 Å². The molecule has 2 aromatic heterocycles. The molecule has 2 aromatic rings. The van der Waals surface area contributed by atoms with E-state index in [2.05, 4.69) is 15.2 Å². The second-order valence-electron chi connectivity index (χ2n) is 2.77. The van der Waals surface area contributed by atoms with Crippen molar-refractivity contribution in [3.63, 3.8) is 0 Å². The molecule has 0 aliphatic carbocycles. The molecule has 1 N–H and O–H groups in total. The van der Waals surface area contributed by atoms with E-state index in [4.69, 9.17) is 23.2 Å². The van der Waals surface area contributed by atoms with Crippen molar-refractivity contribution in [1.82, 2.24) is 15.2 Å². The first kappa shape index (κ1) is 10.1. The molecule has 0 radical (unpaired) electrons. The van der Waals surface area contributed by atoms with E-state index < -0.39 is 0 Å². The van der Waals surface area contributed by atoms with E-state index in [9.17, 15) is 5.11 Å². The van der Waals surface area contributed by atoms with Crippen LogP contribution in [0.3, 0.4) is 0 Å². The second kappa shape index (κ2) is 4.00. The van der Waals surface area contributed by atoms with Gasteiger partial charge in [-0.3, -0.25) is 0 Å². The lowest BCUT2D eigenvalue weighted by Crippen LogP contribution is -1.89. The lowest BCUT2D eigenvalue weighted by molar-refractivity contribution is 0.473. The van der Waals surface area contributed by atoms with Crippen LogP contribution in [0, 0.1) is 0 Å². The molecule has 15 heavy (non-hydrogen) atoms. The van der Waals surface area contributed by atoms with E-state index in [1.54, 1.807) is 12.1 Å². The predicted molar refractivity (Wildman–Crippen MR) is 56.9 cm³/mol. The number of pyridine rings is 1. The zero-order valence-electron chi connectivity index (χ0n) is 7.35. The molecule has 2 heterocycles. The van der Waals surface area contributed by atoms with Crippen molar-refractivity contribution in [2.24, 2.45) is 0 Å². The zero-order chi connectivity index (χ0) is 10.8. The minimum absolute atomic E-state index is 0.0425. The Balaban J connectivity index is 2.49. The first-order valence-corrected chi connectivity index (χ1v) is 4.76. The summed E-state index contributed by atoms with van der Waals surface area (Å²) in [5.74, 6) is -0.0425. The fourth-order valence-electron chi connectivity index (χ4n) is 1.08. The highest BCUT2D eigenvalue weighted by molar-refractivity contribution is 6.29. The van der Waals surface area contributed by atoms with Gasteiger partial charge in [-0.25, -0.2) is 4.98 Å². The monoisotopic (exact) mass is 241 g/mol. The lowest BCUT2D eigenvalue weighted by Gasteiger charge is -2.02. The summed E-state index contributed by atoms with van der Waals surface area (Å²) in [5, 5.41) is 17.5. The standard InChI is InChI=1S/C9H5Cl2N3O/c10-7-2-1-5(4-12-7)9-6(15)3-8(11)13-14-9/h1-4H,(H,13,15). The molecule has 0 saturated carbocycles. The molecule has 0 saturated heterocycles. The summed E-state index contributed by atoms with van der Waals surface area (Å²) < 4.78 is 0. The Hall–Kier alpha value is -1.39. The van der Waals surface area contributed by atoms with Crippen LogP contribution in [-0.2, 0) is 0 Å². The maximum absolute atomic E-state index is 9.57. The highest BCUT2D eigenvalue weighted by atomic mass is 35.5. The number of rotatable bonds is 1. The van der Waals surface area contributed by atoms with Gasteiger partial charge >= 0.3 is 0 Å². The van der Waals surface area contributed by atoms with Gasteiger partial charge in [0.1, 0.15) is 16.6 Å². The van der Waals surface area contributed by atoms with E-state index in [1.165, 1.54) is 12.3 Å². The molecule has 4 nitrogen and oxygen atoms in total. The van der Waals surface area contributed by atoms with Crippen LogP contribution < -0.4 is 0 Å². The van der Waals surface area contributed by atoms with Crippen molar-refractivity contribution in [2.75, 3.05) is 0 Å². The fourth-order valence-corrected chi connectivity index (χ4v) is 1.33. The molecule has 0 aliphatic rings. The average Bonchev–Trinajstić information content (AvgIpc) is 2.20. The van der Waals surface area contributed by atoms with E-state index in [0.717, 1.165) is 0 Å². The molecule has 0 aromatic carbocycles. The van der Waals surface area contributed by atoms with Crippen molar-refractivity contribution in [2.45, 2.75) is 0 Å². The third-order valence-electron chi connectivity index (χ3n) is 1.74. The summed E-state index contributed by atoms with van der Waals surface area (Å²) in [5.41, 5.74) is 0.949. The highest BCUT2D eigenvalue weighted by Crippen LogP contribution is 2.27. The van der Waals surface area contributed by atoms with E-state index in [-0.39, 0.29) is 10.9 Å². The molecule has 0 unspecified atom stereocenters. The van der Waals surface area contributed by atoms with Gasteiger partial charge < -0.3 is 5.11 Å². The summed E-state index contributed by atoms with van der Waals surface area (Å²) in [6, 6.07) is 4.61. The maximum Gasteiger partial charge on any atom is 0.155 e. The van der Waals surface area contributed by atoms with Crippen LogP contribution in [-0.4, -0.2) is 20.3 Å². The first-order chi connectivity index (χ1) is 7.16. The zero-order valence-corrected chi connectivity index (χ0v) is 8.87. The van der Waals surface area contributed by atoms with Gasteiger partial charge in [0.25, 0.3) is 0 Å². The van der Waals surface area contributed by atoms with Gasteiger partial charge in [-0.1, -0.05) is 23.2 Å². The molecular formula is C9H5Cl2N3O. The molecule has 0 spiro atoms. The normalized spacial score (nSPS) is 10.3. The van der Waals surface area contributed by atoms with Crippen LogP contribution in [0.4, 0.5) is 0 Å². The number of aromatic nitrogens is 3. The van der Waals surface area contributed by atoms with Crippen molar-refractivity contribution < 1.29 is 5.11 Å². The number of aromatic hydroxyl groups is 1. The van der Waals surface area contributed by atoms with Crippen molar-refractivity contribution in [3.8, 4) is 17.0 Å². The Bertz CT molecular complexity index is 487. The Morgan fingerprint density at radius 3 is 2.47 bits per heavy atom. The van der Waals surface area contributed by atoms with Gasteiger partial charge in [0.15, 0.2) is 5.15 Å². The van der Waals surface area contributed by atoms with Gasteiger partial charge in [0.05, 0.1) is 0 Å². The van der Waals surface area contributed by atoms with Crippen LogP contribution in [0.5, 0.6) is 5.75 Å². The molecule has 0 amide bonds. The Morgan fingerprint density at radius 2 is 1.87 bits per heavy atom. The number of hydrogen-bond donors (Lipinski definition) is 1. The molecular weight excluding hydrogens is 237 g/mol. The molecule has 0 bridgehead atoms. The summed E-state index contributed by atoms with van der Waals surface area (Å²) in [7, 11) is 0. The predicted octanol–water partition coefficient (Wildman–Crippen LogP) is 2.55. The van der Waals surface area contributed by atoms with Gasteiger partial charge in [-0.05, 0) is 12.1 Å². The summed E-state index contributed by atoms with van der Waals surface area (Å²) in [6.07, 6.45) is 1.50. The van der Waals surface area contributed by atoms with Crippen LogP contribution in [0.1, 0.15) is 0 Å². The SMILES string of the molecule is Oc1cc(Cl)nnc1-c1ccc(Cl)nc1. The Labute approximate surface area is 95.5 Å². The number of nitrogens with zero attached hydrogens (tertiary/aromatic N) is 3. The molecule has 0 aliphatic heterocycles. The quantitative estimate of drug-likeness (QED) is 0.780. The smallest absolute Gasteiger partial charge is 0.155 e. The first-order valence-electron chi connectivity index (χ1n) is 4.01. The average molecular weight is 242 g/mol. The van der Waals surface area contributed by atoms with Crippen molar-refractivity contribution in [1.29, 1.82) is 0 Å². The third-order valence-corrected chi connectivity index (χ3v) is 2.15. The lowest BCUT2D eigenvalue weighted by atomic mass is 10.2. The molecule has 2 rings (SSSR count). The summed E-state index contributed by atoms with van der Waals surface area (Å²) >= 11 is 11.2. The van der Waals surface area contributed by atoms with Crippen LogP contribution in [0.15, 0.2) is 24.4 Å². The third kappa shape index (κ3) is 2.16.